The molecule has 2 atom stereocenters. The normalized spacial score (nSPS) is 12.0. The average Bonchev–Trinajstić information content (AvgIpc) is 2.88. The molecule has 0 saturated carbocycles. The highest BCUT2D eigenvalue weighted by Crippen LogP contribution is 2.32. The van der Waals surface area contributed by atoms with Crippen molar-refractivity contribution in [3.05, 3.63) is 249 Å². The number of amides is 2. The molecule has 0 unspecified atom stereocenters. The second kappa shape index (κ2) is 25.2. The first-order valence-corrected chi connectivity index (χ1v) is 28.1. The van der Waals surface area contributed by atoms with E-state index in [1.807, 2.05) is 180 Å². The van der Waals surface area contributed by atoms with Crippen LogP contribution in [0.5, 0.6) is 11.5 Å². The number of aryl methyl sites for hydroxylation is 2. The van der Waals surface area contributed by atoms with Gasteiger partial charge in [0.05, 0.1) is 37.4 Å². The molecule has 0 aliphatic rings. The van der Waals surface area contributed by atoms with Gasteiger partial charge in [0, 0.05) is 57.4 Å². The van der Waals surface area contributed by atoms with Gasteiger partial charge in [-0.05, 0) is 191 Å². The number of aromatic carboxylic acids is 1. The molecule has 10 rings (SSSR count). The van der Waals surface area contributed by atoms with Crippen LogP contribution in [0.25, 0.3) is 44.1 Å². The Bertz CT molecular complexity index is 4040. The van der Waals surface area contributed by atoms with Crippen molar-refractivity contribution in [2.75, 3.05) is 14.2 Å². The number of hydrogen-bond donors (Lipinski definition) is 3. The van der Waals surface area contributed by atoms with Gasteiger partial charge in [-0.25, -0.2) is 9.59 Å². The minimum absolute atomic E-state index is 0.109. The van der Waals surface area contributed by atoms with Gasteiger partial charge in [-0.15, -0.1) is 0 Å². The van der Waals surface area contributed by atoms with Crippen LogP contribution < -0.4 is 20.1 Å². The van der Waals surface area contributed by atoms with Crippen LogP contribution in [-0.2, 0) is 17.8 Å². The van der Waals surface area contributed by atoms with Gasteiger partial charge in [-0.2, -0.15) is 0 Å². The van der Waals surface area contributed by atoms with E-state index < -0.39 is 11.6 Å². The van der Waals surface area contributed by atoms with Gasteiger partial charge in [0.1, 0.15) is 17.1 Å². The van der Waals surface area contributed by atoms with Crippen molar-refractivity contribution in [1.29, 1.82) is 0 Å². The summed E-state index contributed by atoms with van der Waals surface area (Å²) in [4.78, 5) is 50.8. The minimum atomic E-state index is -0.937. The maximum atomic E-state index is 13.2. The second-order valence-electron chi connectivity index (χ2n) is 22.3. The fraction of sp³-hybridized carbons (Fsp3) is 0.222. The van der Waals surface area contributed by atoms with Crippen molar-refractivity contribution < 1.29 is 38.5 Å². The van der Waals surface area contributed by atoms with E-state index >= 15 is 0 Å². The zero-order valence-corrected chi connectivity index (χ0v) is 49.6. The molecule has 2 aromatic heterocycles. The summed E-state index contributed by atoms with van der Waals surface area (Å²) in [5, 5.41) is 17.9. The Balaban J connectivity index is 0.000000202. The molecule has 0 fully saturated rings. The number of nitrogens with zero attached hydrogens (tertiary/aromatic N) is 2. The Hall–Kier alpha value is -9.68. The van der Waals surface area contributed by atoms with Crippen molar-refractivity contribution in [3.8, 4) is 33.8 Å². The molecule has 8 aromatic carbocycles. The molecule has 0 radical (unpaired) electrons. The maximum Gasteiger partial charge on any atom is 0.339 e. The number of rotatable bonds is 16. The highest BCUT2D eigenvalue weighted by Gasteiger charge is 2.23. The van der Waals surface area contributed by atoms with Crippen LogP contribution in [0.3, 0.4) is 0 Å². The number of carbonyl (C=O) groups is 4. The van der Waals surface area contributed by atoms with Crippen LogP contribution in [0.1, 0.15) is 133 Å². The third-order valence-electron chi connectivity index (χ3n) is 15.6. The second-order valence-corrected chi connectivity index (χ2v) is 22.3. The lowest BCUT2D eigenvalue weighted by Crippen LogP contribution is -2.26. The number of carbonyl (C=O) groups excluding carboxylic acids is 3. The monoisotopic (exact) mass is 1120 g/mol. The number of aromatic nitrogens is 2. The molecule has 3 N–H and O–H groups in total. The third-order valence-corrected chi connectivity index (χ3v) is 15.6. The fourth-order valence-electron chi connectivity index (χ4n) is 10.6. The number of ether oxygens (including phenoxy) is 3. The minimum Gasteiger partial charge on any atom is -0.497 e. The summed E-state index contributed by atoms with van der Waals surface area (Å²) in [6.45, 7) is 19.3. The summed E-state index contributed by atoms with van der Waals surface area (Å²) in [6.07, 6.45) is 0. The lowest BCUT2D eigenvalue weighted by molar-refractivity contribution is 0.00699. The SMILES string of the molecule is COc1ccc([C@@H](C)NC(=O)c2ccc3c(c2)c(C)c(C)n3Cc2ccc(-c3ccccc3C(=O)O)cc2)cc1.COc1ccc([C@@H](C)NC(=O)c2ccc3c(c2)c(C)c(C)n3Cc2ccc(-c3ccccc3C(=O)OC(C)(C)C)cc2)cc1. The summed E-state index contributed by atoms with van der Waals surface area (Å²) in [5.74, 6) is 0.0720. The smallest absolute Gasteiger partial charge is 0.339 e. The van der Waals surface area contributed by atoms with E-state index in [1.165, 1.54) is 0 Å². The molecule has 84 heavy (non-hydrogen) atoms. The first kappa shape index (κ1) is 59.0. The van der Waals surface area contributed by atoms with E-state index in [9.17, 15) is 24.3 Å². The van der Waals surface area contributed by atoms with Gasteiger partial charge in [0.25, 0.3) is 11.8 Å². The molecule has 2 amide bonds. The van der Waals surface area contributed by atoms with Crippen LogP contribution in [-0.4, -0.2) is 57.8 Å². The number of esters is 1. The maximum absolute atomic E-state index is 13.2. The van der Waals surface area contributed by atoms with Gasteiger partial charge in [-0.1, -0.05) is 109 Å². The summed E-state index contributed by atoms with van der Waals surface area (Å²) in [5.41, 5.74) is 15.9. The van der Waals surface area contributed by atoms with Crippen LogP contribution in [0.15, 0.2) is 182 Å². The number of nitrogens with one attached hydrogen (secondary N) is 2. The molecule has 0 aliphatic heterocycles. The summed E-state index contributed by atoms with van der Waals surface area (Å²) in [6, 6.07) is 57.8. The first-order chi connectivity index (χ1) is 40.2. The van der Waals surface area contributed by atoms with E-state index in [1.54, 1.807) is 26.4 Å². The van der Waals surface area contributed by atoms with E-state index in [4.69, 9.17) is 14.2 Å². The third kappa shape index (κ3) is 13.1. The molecular weight excluding hydrogens is 1050 g/mol. The van der Waals surface area contributed by atoms with E-state index in [-0.39, 0.29) is 35.4 Å². The van der Waals surface area contributed by atoms with Crippen LogP contribution in [0.2, 0.25) is 0 Å². The standard InChI is InChI=1S/C38H40N2O4.C34H32N2O4/c1-24-26(3)40(23-27-12-14-29(15-13-27)32-10-8-9-11-33(32)37(42)44-38(4,5)6)35-21-18-30(22-34(24)35)36(41)39-25(2)28-16-19-31(43-7)20-17-28;1-21-23(3)36(20-24-9-11-26(12-10-24)29-7-5-6-8-30(29)34(38)39)32-18-15-27(19-31(21)32)33(37)35-22(2)25-13-16-28(40-4)17-14-25/h8-22,25H,23H2,1-7H3,(H,39,41);5-19,22H,20H2,1-4H3,(H,35,37)(H,38,39)/t25-;22-/m11/s1. The molecule has 0 saturated heterocycles. The number of hydrogen-bond acceptors (Lipinski definition) is 7. The summed E-state index contributed by atoms with van der Waals surface area (Å²) >= 11 is 0. The molecule has 2 heterocycles. The van der Waals surface area contributed by atoms with Crippen molar-refractivity contribution in [2.24, 2.45) is 0 Å². The number of carboxylic acids is 1. The Morgan fingerprint density at radius 3 is 1.26 bits per heavy atom. The number of carboxylic acid groups (broad SMARTS) is 1. The highest BCUT2D eigenvalue weighted by atomic mass is 16.6. The molecule has 428 valence electrons. The van der Waals surface area contributed by atoms with Gasteiger partial charge >= 0.3 is 11.9 Å². The zero-order valence-electron chi connectivity index (χ0n) is 49.6. The van der Waals surface area contributed by atoms with Gasteiger partial charge in [0.15, 0.2) is 0 Å². The molecule has 0 spiro atoms. The molecular formula is C72H72N4O8. The lowest BCUT2D eigenvalue weighted by atomic mass is 9.98. The largest absolute Gasteiger partial charge is 0.497 e. The van der Waals surface area contributed by atoms with Crippen molar-refractivity contribution in [1.82, 2.24) is 19.8 Å². The first-order valence-electron chi connectivity index (χ1n) is 28.1. The average molecular weight is 1120 g/mol. The number of fused-ring (bicyclic) bond motifs is 2. The van der Waals surface area contributed by atoms with Crippen molar-refractivity contribution in [3.63, 3.8) is 0 Å². The van der Waals surface area contributed by atoms with Crippen molar-refractivity contribution >= 4 is 45.6 Å². The Morgan fingerprint density at radius 1 is 0.500 bits per heavy atom. The zero-order chi connectivity index (χ0) is 60.0. The van der Waals surface area contributed by atoms with Gasteiger partial charge in [0.2, 0.25) is 0 Å². The summed E-state index contributed by atoms with van der Waals surface area (Å²) in [7, 11) is 3.27. The van der Waals surface area contributed by atoms with Gasteiger partial charge < -0.3 is 39.1 Å². The van der Waals surface area contributed by atoms with E-state index in [0.717, 1.165) is 94.8 Å². The predicted molar refractivity (Wildman–Crippen MR) is 335 cm³/mol. The van der Waals surface area contributed by atoms with Crippen LogP contribution in [0, 0.1) is 27.7 Å². The molecule has 0 bridgehead atoms. The number of benzene rings is 8. The Labute approximate surface area is 491 Å². The van der Waals surface area contributed by atoms with Crippen molar-refractivity contribution in [2.45, 2.75) is 93.1 Å². The van der Waals surface area contributed by atoms with Crippen LogP contribution >= 0.6 is 0 Å². The van der Waals surface area contributed by atoms with E-state index in [2.05, 4.69) is 71.7 Å². The Morgan fingerprint density at radius 2 is 0.881 bits per heavy atom. The quantitative estimate of drug-likeness (QED) is 0.0810. The Kier molecular flexibility index (Phi) is 17.7. The number of methoxy groups -OCH3 is 2. The molecule has 12 heteroatoms. The predicted octanol–water partition coefficient (Wildman–Crippen LogP) is 15.6. The highest BCUT2D eigenvalue weighted by molar-refractivity contribution is 6.01. The summed E-state index contributed by atoms with van der Waals surface area (Å²) < 4.78 is 20.7. The molecule has 0 aliphatic carbocycles. The molecule has 10 aromatic rings. The van der Waals surface area contributed by atoms with Crippen LogP contribution in [0.4, 0.5) is 0 Å². The van der Waals surface area contributed by atoms with Gasteiger partial charge in [-0.3, -0.25) is 9.59 Å². The fourth-order valence-corrected chi connectivity index (χ4v) is 10.6. The topological polar surface area (TPSA) is 150 Å². The molecule has 12 nitrogen and oxygen atoms in total. The van der Waals surface area contributed by atoms with E-state index in [0.29, 0.717) is 35.3 Å². The lowest BCUT2D eigenvalue weighted by Gasteiger charge is -2.20.